The fourth-order valence-corrected chi connectivity index (χ4v) is 5.69. The van der Waals surface area contributed by atoms with Crippen LogP contribution in [0.5, 0.6) is 11.5 Å². The molecule has 1 amide bonds. The number of hydrogen-bond acceptors (Lipinski definition) is 6. The van der Waals surface area contributed by atoms with E-state index in [2.05, 4.69) is 6.58 Å². The van der Waals surface area contributed by atoms with Crippen LogP contribution in [0, 0.1) is 5.92 Å². The van der Waals surface area contributed by atoms with E-state index in [9.17, 15) is 23.4 Å². The number of unbranched alkanes of at least 4 members (excludes halogenated alkanes) is 2. The van der Waals surface area contributed by atoms with Gasteiger partial charge < -0.3 is 15.9 Å². The molecule has 1 aromatic carbocycles. The minimum Gasteiger partial charge on any atom is -0.507 e. The van der Waals surface area contributed by atoms with Gasteiger partial charge in [-0.25, -0.2) is 13.1 Å². The van der Waals surface area contributed by atoms with Crippen LogP contribution in [0.25, 0.3) is 0 Å². The van der Waals surface area contributed by atoms with E-state index in [1.165, 1.54) is 13.0 Å². The van der Waals surface area contributed by atoms with Gasteiger partial charge in [0.05, 0.1) is 6.04 Å². The van der Waals surface area contributed by atoms with Crippen molar-refractivity contribution >= 4 is 15.9 Å². The summed E-state index contributed by atoms with van der Waals surface area (Å²) in [7, 11) is -4.42. The zero-order chi connectivity index (χ0) is 24.2. The molecule has 1 aliphatic rings. The van der Waals surface area contributed by atoms with Crippen molar-refractivity contribution in [1.29, 1.82) is 0 Å². The van der Waals surface area contributed by atoms with Crippen LogP contribution in [0.4, 0.5) is 0 Å². The second-order valence-electron chi connectivity index (χ2n) is 8.89. The summed E-state index contributed by atoms with van der Waals surface area (Å²) in [5.74, 6) is -2.04. The second-order valence-corrected chi connectivity index (χ2v) is 10.5. The molecule has 3 unspecified atom stereocenters. The molecule has 32 heavy (non-hydrogen) atoms. The van der Waals surface area contributed by atoms with Crippen molar-refractivity contribution in [2.45, 2.75) is 83.1 Å². The molecule has 0 spiro atoms. The standard InChI is InChI=1S/C24H36N2O5S/c1-6-7-8-9-17-13-20(27)21(19-12-15(4)10-11-18(19)14(2)3)22(28)23(17)32(30,31)26-24(29)16(5)25/h12-13,16,18-19,27-28H,2,6-11,25H2,1,3-5H3,(H,26,29). The average Bonchev–Trinajstić information content (AvgIpc) is 2.67. The van der Waals surface area contributed by atoms with Crippen molar-refractivity contribution in [1.82, 2.24) is 4.72 Å². The van der Waals surface area contributed by atoms with Crippen molar-refractivity contribution in [3.05, 3.63) is 41.0 Å². The van der Waals surface area contributed by atoms with Gasteiger partial charge in [-0.05, 0) is 64.0 Å². The molecule has 0 radical (unpaired) electrons. The number of amides is 1. The quantitative estimate of drug-likeness (QED) is 0.323. The highest BCUT2D eigenvalue weighted by Gasteiger charge is 2.35. The zero-order valence-electron chi connectivity index (χ0n) is 19.4. The molecule has 2 rings (SSSR count). The van der Waals surface area contributed by atoms with Crippen LogP contribution in [0.1, 0.15) is 76.8 Å². The minimum atomic E-state index is -4.42. The molecule has 8 heteroatoms. The Morgan fingerprint density at radius 1 is 1.34 bits per heavy atom. The molecule has 0 bridgehead atoms. The molecule has 0 saturated carbocycles. The highest BCUT2D eigenvalue weighted by Crippen LogP contribution is 2.49. The number of hydrogen-bond donors (Lipinski definition) is 4. The number of rotatable bonds is 9. The molecule has 0 aliphatic heterocycles. The fourth-order valence-electron chi connectivity index (χ4n) is 4.27. The number of benzene rings is 1. The summed E-state index contributed by atoms with van der Waals surface area (Å²) in [6.07, 6.45) is 6.38. The van der Waals surface area contributed by atoms with Crippen molar-refractivity contribution in [3.8, 4) is 11.5 Å². The predicted molar refractivity (Wildman–Crippen MR) is 126 cm³/mol. The number of nitrogens with one attached hydrogen (secondary N) is 1. The van der Waals surface area contributed by atoms with E-state index in [4.69, 9.17) is 5.73 Å². The van der Waals surface area contributed by atoms with Crippen LogP contribution < -0.4 is 10.5 Å². The predicted octanol–water partition coefficient (Wildman–Crippen LogP) is 4.00. The number of nitrogens with two attached hydrogens (primary N) is 1. The van der Waals surface area contributed by atoms with Gasteiger partial charge in [0.2, 0.25) is 5.91 Å². The number of phenolic OH excluding ortho intramolecular Hbond substituents is 2. The summed E-state index contributed by atoms with van der Waals surface area (Å²) in [6, 6.07) is 0.367. The molecular weight excluding hydrogens is 428 g/mol. The van der Waals surface area contributed by atoms with Crippen LogP contribution in [0.15, 0.2) is 34.8 Å². The van der Waals surface area contributed by atoms with Crippen LogP contribution in [-0.2, 0) is 21.2 Å². The van der Waals surface area contributed by atoms with Crippen molar-refractivity contribution in [2.75, 3.05) is 0 Å². The van der Waals surface area contributed by atoms with E-state index in [1.54, 1.807) is 0 Å². The number of aromatic hydroxyl groups is 2. The van der Waals surface area contributed by atoms with E-state index in [1.807, 2.05) is 31.6 Å². The summed E-state index contributed by atoms with van der Waals surface area (Å²) in [4.78, 5) is 11.7. The van der Waals surface area contributed by atoms with Gasteiger partial charge in [-0.15, -0.1) is 0 Å². The Hall–Kier alpha value is -2.32. The van der Waals surface area contributed by atoms with Gasteiger partial charge in [0.15, 0.2) is 0 Å². The molecule has 1 aliphatic carbocycles. The second kappa shape index (κ2) is 10.5. The third-order valence-corrected chi connectivity index (χ3v) is 7.49. The number of sulfonamides is 1. The van der Waals surface area contributed by atoms with Crippen LogP contribution >= 0.6 is 0 Å². The lowest BCUT2D eigenvalue weighted by molar-refractivity contribution is -0.120. The Kier molecular flexibility index (Phi) is 8.54. The van der Waals surface area contributed by atoms with E-state index in [-0.39, 0.29) is 27.7 Å². The van der Waals surface area contributed by atoms with E-state index >= 15 is 0 Å². The van der Waals surface area contributed by atoms with Gasteiger partial charge in [0.25, 0.3) is 10.0 Å². The molecule has 178 valence electrons. The monoisotopic (exact) mass is 464 g/mol. The molecule has 0 saturated heterocycles. The van der Waals surface area contributed by atoms with Gasteiger partial charge >= 0.3 is 0 Å². The maximum Gasteiger partial charge on any atom is 0.268 e. The summed E-state index contributed by atoms with van der Waals surface area (Å²) in [5, 5.41) is 22.2. The normalized spacial score (nSPS) is 19.8. The highest BCUT2D eigenvalue weighted by molar-refractivity contribution is 7.90. The molecule has 0 fully saturated rings. The van der Waals surface area contributed by atoms with Gasteiger partial charge in [-0.2, -0.15) is 0 Å². The molecule has 1 aromatic rings. The highest BCUT2D eigenvalue weighted by atomic mass is 32.2. The molecule has 0 aromatic heterocycles. The van der Waals surface area contributed by atoms with Crippen molar-refractivity contribution < 1.29 is 23.4 Å². The maximum atomic E-state index is 13.2. The third kappa shape index (κ3) is 5.72. The topological polar surface area (TPSA) is 130 Å². The Morgan fingerprint density at radius 3 is 2.56 bits per heavy atom. The minimum absolute atomic E-state index is 0.0596. The van der Waals surface area contributed by atoms with Gasteiger partial charge in [0.1, 0.15) is 16.4 Å². The van der Waals surface area contributed by atoms with E-state index in [0.29, 0.717) is 12.8 Å². The first-order chi connectivity index (χ1) is 14.9. The number of carbonyl (C=O) groups is 1. The molecule has 7 nitrogen and oxygen atoms in total. The number of allylic oxidation sites excluding steroid dienone is 3. The lowest BCUT2D eigenvalue weighted by atomic mass is 9.73. The molecule has 3 atom stereocenters. The smallest absolute Gasteiger partial charge is 0.268 e. The fraction of sp³-hybridized carbons (Fsp3) is 0.542. The van der Waals surface area contributed by atoms with E-state index in [0.717, 1.165) is 36.8 Å². The first-order valence-corrected chi connectivity index (χ1v) is 12.6. The first kappa shape index (κ1) is 25.9. The maximum absolute atomic E-state index is 13.2. The first-order valence-electron chi connectivity index (χ1n) is 11.1. The lowest BCUT2D eigenvalue weighted by Crippen LogP contribution is -2.41. The van der Waals surface area contributed by atoms with Crippen LogP contribution in [0.2, 0.25) is 0 Å². The average molecular weight is 465 g/mol. The van der Waals surface area contributed by atoms with Gasteiger partial charge in [-0.1, -0.05) is 43.6 Å². The molecule has 0 heterocycles. The Bertz CT molecular complexity index is 1010. The summed E-state index contributed by atoms with van der Waals surface area (Å²) < 4.78 is 28.3. The Balaban J connectivity index is 2.73. The number of carbonyl (C=O) groups excluding carboxylic acids is 1. The van der Waals surface area contributed by atoms with Crippen LogP contribution in [-0.4, -0.2) is 30.6 Å². The summed E-state index contributed by atoms with van der Waals surface area (Å²) >= 11 is 0. The van der Waals surface area contributed by atoms with E-state index < -0.39 is 33.6 Å². The number of phenols is 2. The van der Waals surface area contributed by atoms with Gasteiger partial charge in [-0.3, -0.25) is 4.79 Å². The lowest BCUT2D eigenvalue weighted by Gasteiger charge is -2.32. The summed E-state index contributed by atoms with van der Waals surface area (Å²) in [6.45, 7) is 11.3. The SMILES string of the molecule is C=C(C)C1CCC(C)=CC1c1c(O)cc(CCCCC)c(S(=O)(=O)NC(=O)C(C)N)c1O. The largest absolute Gasteiger partial charge is 0.507 e. The summed E-state index contributed by atoms with van der Waals surface area (Å²) in [5.41, 5.74) is 7.93. The third-order valence-electron chi connectivity index (χ3n) is 6.03. The van der Waals surface area contributed by atoms with Crippen molar-refractivity contribution in [3.63, 3.8) is 0 Å². The molecular formula is C24H36N2O5S. The Labute approximate surface area is 191 Å². The molecule has 5 N–H and O–H groups in total. The van der Waals surface area contributed by atoms with Crippen molar-refractivity contribution in [2.24, 2.45) is 11.7 Å². The number of aryl methyl sites for hydroxylation is 1. The van der Waals surface area contributed by atoms with Crippen LogP contribution in [0.3, 0.4) is 0 Å². The Morgan fingerprint density at radius 2 is 2.00 bits per heavy atom. The van der Waals surface area contributed by atoms with Gasteiger partial charge in [0, 0.05) is 11.5 Å². The zero-order valence-corrected chi connectivity index (χ0v) is 20.3.